The van der Waals surface area contributed by atoms with Crippen molar-refractivity contribution >= 4 is 11.6 Å². The number of anilines is 1. The number of hydrogen-bond donors (Lipinski definition) is 1. The molecule has 11 heteroatoms. The fourth-order valence-electron chi connectivity index (χ4n) is 3.74. The van der Waals surface area contributed by atoms with E-state index in [9.17, 15) is 4.79 Å². The molecule has 0 atom stereocenters. The van der Waals surface area contributed by atoms with Gasteiger partial charge in [0.05, 0.1) is 45.9 Å². The zero-order valence-corrected chi connectivity index (χ0v) is 21.8. The van der Waals surface area contributed by atoms with Crippen LogP contribution in [0.1, 0.15) is 29.9 Å². The van der Waals surface area contributed by atoms with Crippen molar-refractivity contribution < 1.29 is 28.5 Å². The number of hydrogen-bond acceptors (Lipinski definition) is 8. The van der Waals surface area contributed by atoms with Crippen LogP contribution in [0.25, 0.3) is 0 Å². The summed E-state index contributed by atoms with van der Waals surface area (Å²) in [5, 5.41) is 11.5. The van der Waals surface area contributed by atoms with E-state index in [4.69, 9.17) is 23.7 Å². The normalized spacial score (nSPS) is 10.6. The zero-order chi connectivity index (χ0) is 26.9. The number of benzene rings is 2. The second kappa shape index (κ2) is 12.5. The first-order valence-electron chi connectivity index (χ1n) is 12.1. The summed E-state index contributed by atoms with van der Waals surface area (Å²) in [6.07, 6.45) is 4.99. The lowest BCUT2D eigenvalue weighted by Crippen LogP contribution is -2.14. The van der Waals surface area contributed by atoms with Crippen LogP contribution in [-0.4, -0.2) is 52.9 Å². The first kappa shape index (κ1) is 26.4. The Morgan fingerprint density at radius 3 is 2.34 bits per heavy atom. The van der Waals surface area contributed by atoms with Crippen LogP contribution in [0.2, 0.25) is 0 Å². The van der Waals surface area contributed by atoms with Gasteiger partial charge in [0.2, 0.25) is 5.75 Å². The average molecular weight is 522 g/mol. The Hall–Kier alpha value is -4.67. The van der Waals surface area contributed by atoms with Gasteiger partial charge < -0.3 is 29.0 Å². The third-order valence-electron chi connectivity index (χ3n) is 5.44. The molecule has 0 unspecified atom stereocenters. The molecule has 0 saturated carbocycles. The molecule has 0 spiro atoms. The molecule has 0 aliphatic heterocycles. The van der Waals surface area contributed by atoms with Crippen molar-refractivity contribution in [2.75, 3.05) is 32.8 Å². The van der Waals surface area contributed by atoms with Crippen molar-refractivity contribution in [3.8, 4) is 28.7 Å². The van der Waals surface area contributed by atoms with Crippen LogP contribution in [0.4, 0.5) is 5.69 Å². The van der Waals surface area contributed by atoms with Gasteiger partial charge >= 0.3 is 0 Å². The number of methoxy groups -OCH3 is 2. The predicted molar refractivity (Wildman–Crippen MR) is 140 cm³/mol. The second-order valence-electron chi connectivity index (χ2n) is 8.03. The highest BCUT2D eigenvalue weighted by Gasteiger charge is 2.14. The second-order valence-corrected chi connectivity index (χ2v) is 8.03. The third-order valence-corrected chi connectivity index (χ3v) is 5.44. The van der Waals surface area contributed by atoms with E-state index < -0.39 is 0 Å². The van der Waals surface area contributed by atoms with Gasteiger partial charge in [0.25, 0.3) is 5.91 Å². The highest BCUT2D eigenvalue weighted by atomic mass is 16.5. The summed E-state index contributed by atoms with van der Waals surface area (Å²) in [5.74, 6) is 2.55. The van der Waals surface area contributed by atoms with Crippen molar-refractivity contribution in [3.63, 3.8) is 0 Å². The molecule has 0 radical (unpaired) electrons. The van der Waals surface area contributed by atoms with Crippen LogP contribution in [-0.2, 0) is 13.3 Å². The monoisotopic (exact) mass is 521 g/mol. The average Bonchev–Trinajstić information content (AvgIpc) is 3.58. The zero-order valence-electron chi connectivity index (χ0n) is 21.8. The fraction of sp³-hybridized carbons (Fsp3) is 0.296. The van der Waals surface area contributed by atoms with Gasteiger partial charge in [-0.2, -0.15) is 10.2 Å². The van der Waals surface area contributed by atoms with Crippen molar-refractivity contribution in [3.05, 3.63) is 72.3 Å². The highest BCUT2D eigenvalue weighted by Crippen LogP contribution is 2.37. The molecular weight excluding hydrogens is 490 g/mol. The lowest BCUT2D eigenvalue weighted by atomic mass is 10.2. The van der Waals surface area contributed by atoms with Crippen LogP contribution < -0.4 is 29.0 Å². The minimum Gasteiger partial charge on any atom is -0.493 e. The Bertz CT molecular complexity index is 1340. The van der Waals surface area contributed by atoms with Crippen LogP contribution in [0.15, 0.2) is 61.1 Å². The fourth-order valence-corrected chi connectivity index (χ4v) is 3.74. The SMILES string of the molecule is CCOc1ccc(Cn2cc(NC(=O)c3ccn(COc4c(OC)cccc4OC)n3)cn2)cc1OCC. The minimum absolute atomic E-state index is 0.0633. The molecule has 0 fully saturated rings. The summed E-state index contributed by atoms with van der Waals surface area (Å²) in [6, 6.07) is 12.7. The van der Waals surface area contributed by atoms with E-state index in [0.717, 1.165) is 5.56 Å². The van der Waals surface area contributed by atoms with E-state index in [1.807, 2.05) is 32.0 Å². The van der Waals surface area contributed by atoms with E-state index >= 15 is 0 Å². The highest BCUT2D eigenvalue weighted by molar-refractivity contribution is 6.02. The van der Waals surface area contributed by atoms with Gasteiger partial charge in [0.15, 0.2) is 35.4 Å². The van der Waals surface area contributed by atoms with E-state index in [-0.39, 0.29) is 18.3 Å². The molecule has 38 heavy (non-hydrogen) atoms. The third kappa shape index (κ3) is 6.36. The minimum atomic E-state index is -0.363. The number of carbonyl (C=O) groups excluding carboxylic acids is 1. The van der Waals surface area contributed by atoms with E-state index in [0.29, 0.717) is 54.2 Å². The van der Waals surface area contributed by atoms with E-state index in [2.05, 4.69) is 15.5 Å². The lowest BCUT2D eigenvalue weighted by molar-refractivity contribution is 0.102. The predicted octanol–water partition coefficient (Wildman–Crippen LogP) is 4.23. The molecule has 4 rings (SSSR count). The number of para-hydroxylation sites is 1. The van der Waals surface area contributed by atoms with Gasteiger partial charge in [-0.05, 0) is 49.7 Å². The van der Waals surface area contributed by atoms with Gasteiger partial charge in [0, 0.05) is 12.4 Å². The molecule has 2 heterocycles. The molecule has 2 aromatic carbocycles. The van der Waals surface area contributed by atoms with Crippen molar-refractivity contribution in [2.45, 2.75) is 27.1 Å². The van der Waals surface area contributed by atoms with Crippen molar-refractivity contribution in [1.82, 2.24) is 19.6 Å². The Labute approximate surface area is 220 Å². The Kier molecular flexibility index (Phi) is 8.70. The summed E-state index contributed by atoms with van der Waals surface area (Å²) < 4.78 is 31.1. The molecule has 0 saturated heterocycles. The summed E-state index contributed by atoms with van der Waals surface area (Å²) >= 11 is 0. The van der Waals surface area contributed by atoms with E-state index in [1.54, 1.807) is 61.8 Å². The number of amides is 1. The van der Waals surface area contributed by atoms with Crippen molar-refractivity contribution in [2.24, 2.45) is 0 Å². The molecular formula is C27H31N5O6. The Balaban J connectivity index is 1.36. The maximum Gasteiger partial charge on any atom is 0.276 e. The maximum absolute atomic E-state index is 12.8. The lowest BCUT2D eigenvalue weighted by Gasteiger charge is -2.13. The number of ether oxygens (including phenoxy) is 5. The summed E-state index contributed by atoms with van der Waals surface area (Å²) in [6.45, 7) is 5.52. The molecule has 1 amide bonds. The molecule has 1 N–H and O–H groups in total. The van der Waals surface area contributed by atoms with Gasteiger partial charge in [-0.1, -0.05) is 12.1 Å². The molecule has 4 aromatic rings. The number of nitrogens with one attached hydrogen (secondary N) is 1. The Morgan fingerprint density at radius 1 is 0.895 bits per heavy atom. The summed E-state index contributed by atoms with van der Waals surface area (Å²) in [7, 11) is 3.10. The smallest absolute Gasteiger partial charge is 0.276 e. The number of carbonyl (C=O) groups is 1. The van der Waals surface area contributed by atoms with Crippen LogP contribution in [0, 0.1) is 0 Å². The van der Waals surface area contributed by atoms with Gasteiger partial charge in [-0.3, -0.25) is 9.48 Å². The van der Waals surface area contributed by atoms with E-state index in [1.165, 1.54) is 4.68 Å². The molecule has 200 valence electrons. The summed E-state index contributed by atoms with van der Waals surface area (Å²) in [5.41, 5.74) is 1.78. The van der Waals surface area contributed by atoms with Crippen LogP contribution in [0.3, 0.4) is 0 Å². The van der Waals surface area contributed by atoms with Gasteiger partial charge in [0.1, 0.15) is 0 Å². The van der Waals surface area contributed by atoms with Gasteiger partial charge in [-0.25, -0.2) is 4.68 Å². The quantitative estimate of drug-likeness (QED) is 0.278. The van der Waals surface area contributed by atoms with Crippen LogP contribution in [0.5, 0.6) is 28.7 Å². The standard InChI is InChI=1S/C27H31N5O6/c1-5-36-22-11-10-19(14-25(22)37-6-2)16-32-17-20(15-28-32)29-27(33)21-12-13-31(30-21)18-38-26-23(34-3)8-7-9-24(26)35-4/h7-15,17H,5-6,16,18H2,1-4H3,(H,29,33). The molecule has 11 nitrogen and oxygen atoms in total. The molecule has 0 bridgehead atoms. The molecule has 0 aliphatic rings. The molecule has 0 aliphatic carbocycles. The number of rotatable bonds is 13. The van der Waals surface area contributed by atoms with Crippen LogP contribution >= 0.6 is 0 Å². The topological polar surface area (TPSA) is 111 Å². The Morgan fingerprint density at radius 2 is 1.63 bits per heavy atom. The summed E-state index contributed by atoms with van der Waals surface area (Å²) in [4.78, 5) is 12.8. The number of aromatic nitrogens is 4. The largest absolute Gasteiger partial charge is 0.493 e. The van der Waals surface area contributed by atoms with Crippen molar-refractivity contribution in [1.29, 1.82) is 0 Å². The first-order valence-corrected chi connectivity index (χ1v) is 12.1. The maximum atomic E-state index is 12.8. The first-order chi connectivity index (χ1) is 18.5. The van der Waals surface area contributed by atoms with Gasteiger partial charge in [-0.15, -0.1) is 0 Å². The number of nitrogens with zero attached hydrogens (tertiary/aromatic N) is 4. The molecule has 2 aromatic heterocycles.